The molecule has 0 bridgehead atoms. The molecule has 1 fully saturated rings. The van der Waals surface area contributed by atoms with Crippen molar-refractivity contribution in [1.29, 1.82) is 0 Å². The summed E-state index contributed by atoms with van der Waals surface area (Å²) < 4.78 is 33.5. The lowest BCUT2D eigenvalue weighted by molar-refractivity contribution is 0.0947. The zero-order valence-corrected chi connectivity index (χ0v) is 19.9. The number of nitrogens with zero attached hydrogens (tertiary/aromatic N) is 1. The van der Waals surface area contributed by atoms with E-state index < -0.39 is 15.9 Å². The van der Waals surface area contributed by atoms with Gasteiger partial charge in [-0.05, 0) is 42.5 Å². The van der Waals surface area contributed by atoms with Crippen molar-refractivity contribution < 1.29 is 17.9 Å². The van der Waals surface area contributed by atoms with Crippen molar-refractivity contribution in [2.75, 3.05) is 26.2 Å². The van der Waals surface area contributed by atoms with Gasteiger partial charge in [0.05, 0.1) is 22.0 Å². The van der Waals surface area contributed by atoms with Crippen molar-refractivity contribution in [3.63, 3.8) is 0 Å². The van der Waals surface area contributed by atoms with Crippen LogP contribution in [0.1, 0.15) is 36.0 Å². The van der Waals surface area contributed by atoms with Crippen LogP contribution in [0, 0.1) is 0 Å². The van der Waals surface area contributed by atoms with Crippen LogP contribution in [-0.2, 0) is 10.0 Å². The van der Waals surface area contributed by atoms with E-state index in [1.807, 2.05) is 42.5 Å². The fourth-order valence-electron chi connectivity index (χ4n) is 4.01. The van der Waals surface area contributed by atoms with Crippen molar-refractivity contribution in [3.05, 3.63) is 71.2 Å². The number of hydrogen-bond donors (Lipinski definition) is 1. The molecule has 1 N–H and O–H groups in total. The van der Waals surface area contributed by atoms with Crippen LogP contribution in [0.4, 0.5) is 0 Å². The number of benzene rings is 3. The number of hydrogen-bond acceptors (Lipinski definition) is 4. The molecule has 1 aliphatic rings. The molecule has 33 heavy (non-hydrogen) atoms. The molecule has 1 amide bonds. The second kappa shape index (κ2) is 10.5. The molecule has 0 atom stereocenters. The number of nitrogens with one attached hydrogen (secondary N) is 1. The Labute approximate surface area is 199 Å². The first-order chi connectivity index (χ1) is 16.0. The van der Waals surface area contributed by atoms with Gasteiger partial charge < -0.3 is 10.1 Å². The van der Waals surface area contributed by atoms with Gasteiger partial charge in [0.25, 0.3) is 5.91 Å². The number of halogens is 1. The normalized spacial score (nSPS) is 15.2. The first-order valence-corrected chi connectivity index (χ1v) is 13.0. The number of amides is 1. The van der Waals surface area contributed by atoms with Crippen LogP contribution in [0.3, 0.4) is 0 Å². The minimum absolute atomic E-state index is 0.0888. The highest BCUT2D eigenvalue weighted by molar-refractivity contribution is 7.89. The summed E-state index contributed by atoms with van der Waals surface area (Å²) in [4.78, 5) is 12.8. The van der Waals surface area contributed by atoms with Gasteiger partial charge in [0.2, 0.25) is 10.0 Å². The smallest absolute Gasteiger partial charge is 0.252 e. The molecule has 1 heterocycles. The van der Waals surface area contributed by atoms with E-state index in [0.717, 1.165) is 42.2 Å². The fourth-order valence-corrected chi connectivity index (χ4v) is 5.76. The zero-order valence-electron chi connectivity index (χ0n) is 18.3. The predicted octanol–water partition coefficient (Wildman–Crippen LogP) is 4.87. The van der Waals surface area contributed by atoms with E-state index in [2.05, 4.69) is 5.32 Å². The summed E-state index contributed by atoms with van der Waals surface area (Å²) in [6.45, 7) is 1.51. The molecule has 3 aromatic carbocycles. The molecule has 1 aliphatic heterocycles. The van der Waals surface area contributed by atoms with E-state index in [4.69, 9.17) is 16.3 Å². The van der Waals surface area contributed by atoms with Gasteiger partial charge in [-0.1, -0.05) is 60.8 Å². The van der Waals surface area contributed by atoms with Crippen molar-refractivity contribution in [3.8, 4) is 5.75 Å². The summed E-state index contributed by atoms with van der Waals surface area (Å²) in [6, 6.07) is 18.0. The number of carbonyl (C=O) groups excluding carboxylic acids is 1. The summed E-state index contributed by atoms with van der Waals surface area (Å²) in [5, 5.41) is 5.05. The molecule has 4 rings (SSSR count). The minimum Gasteiger partial charge on any atom is -0.491 e. The Morgan fingerprint density at radius 2 is 1.70 bits per heavy atom. The van der Waals surface area contributed by atoms with Crippen molar-refractivity contribution in [1.82, 2.24) is 9.62 Å². The highest BCUT2D eigenvalue weighted by Gasteiger charge is 2.26. The van der Waals surface area contributed by atoms with E-state index in [1.54, 1.807) is 0 Å². The summed E-state index contributed by atoms with van der Waals surface area (Å²) in [7, 11) is -3.67. The summed E-state index contributed by atoms with van der Waals surface area (Å²) in [5.41, 5.74) is 0.137. The highest BCUT2D eigenvalue weighted by Crippen LogP contribution is 2.26. The number of sulfonamides is 1. The third-order valence-corrected chi connectivity index (χ3v) is 8.00. The van der Waals surface area contributed by atoms with Gasteiger partial charge in [-0.15, -0.1) is 0 Å². The van der Waals surface area contributed by atoms with Crippen molar-refractivity contribution in [2.24, 2.45) is 0 Å². The maximum atomic E-state index is 13.1. The zero-order chi connectivity index (χ0) is 23.3. The summed E-state index contributed by atoms with van der Waals surface area (Å²) in [5.74, 6) is 0.306. The Bertz CT molecular complexity index is 1230. The van der Waals surface area contributed by atoms with Crippen molar-refractivity contribution >= 4 is 38.3 Å². The van der Waals surface area contributed by atoms with Crippen LogP contribution in [0.25, 0.3) is 10.8 Å². The summed E-state index contributed by atoms with van der Waals surface area (Å²) in [6.07, 6.45) is 3.75. The Balaban J connectivity index is 1.41. The lowest BCUT2D eigenvalue weighted by Gasteiger charge is -2.20. The average Bonchev–Trinajstić information content (AvgIpc) is 3.12. The number of ether oxygens (including phenoxy) is 1. The second-order valence-corrected chi connectivity index (χ2v) is 10.4. The Morgan fingerprint density at radius 3 is 2.48 bits per heavy atom. The molecule has 0 aliphatic carbocycles. The van der Waals surface area contributed by atoms with Crippen LogP contribution in [0.15, 0.2) is 65.6 Å². The average molecular weight is 487 g/mol. The topological polar surface area (TPSA) is 75.7 Å². The molecule has 174 valence electrons. The Morgan fingerprint density at radius 1 is 0.970 bits per heavy atom. The quantitative estimate of drug-likeness (QED) is 0.483. The first kappa shape index (κ1) is 23.5. The maximum Gasteiger partial charge on any atom is 0.252 e. The van der Waals surface area contributed by atoms with E-state index in [-0.39, 0.29) is 28.6 Å². The standard InChI is InChI=1S/C25H27ClN2O4S/c26-23-13-12-20(33(30,31)28-15-5-1-2-6-16-28)18-22(23)25(29)27-14-17-32-24-11-7-9-19-8-3-4-10-21(19)24/h3-4,7-13,18H,1-2,5-6,14-17H2,(H,27,29). The van der Waals surface area contributed by atoms with Crippen LogP contribution in [0.2, 0.25) is 5.02 Å². The van der Waals surface area contributed by atoms with Gasteiger partial charge in [-0.3, -0.25) is 4.79 Å². The molecule has 0 unspecified atom stereocenters. The van der Waals surface area contributed by atoms with Crippen molar-refractivity contribution in [2.45, 2.75) is 30.6 Å². The third-order valence-electron chi connectivity index (χ3n) is 5.78. The monoisotopic (exact) mass is 486 g/mol. The number of rotatable bonds is 7. The highest BCUT2D eigenvalue weighted by atomic mass is 35.5. The van der Waals surface area contributed by atoms with E-state index in [9.17, 15) is 13.2 Å². The van der Waals surface area contributed by atoms with E-state index in [0.29, 0.717) is 13.1 Å². The molecule has 0 radical (unpaired) electrons. The molecule has 6 nitrogen and oxygen atoms in total. The molecule has 8 heteroatoms. The maximum absolute atomic E-state index is 13.1. The van der Waals surface area contributed by atoms with E-state index >= 15 is 0 Å². The lowest BCUT2D eigenvalue weighted by Crippen LogP contribution is -2.32. The Hall–Kier alpha value is -2.61. The minimum atomic E-state index is -3.67. The number of carbonyl (C=O) groups is 1. The van der Waals surface area contributed by atoms with Crippen LogP contribution >= 0.6 is 11.6 Å². The molecule has 0 aromatic heterocycles. The molecule has 1 saturated heterocycles. The van der Waals surface area contributed by atoms with Gasteiger partial charge in [0.1, 0.15) is 12.4 Å². The predicted molar refractivity (Wildman–Crippen MR) is 130 cm³/mol. The Kier molecular flexibility index (Phi) is 7.53. The van der Waals surface area contributed by atoms with Gasteiger partial charge in [-0.2, -0.15) is 4.31 Å². The number of fused-ring (bicyclic) bond motifs is 1. The van der Waals surface area contributed by atoms with E-state index in [1.165, 1.54) is 22.5 Å². The SMILES string of the molecule is O=C(NCCOc1cccc2ccccc12)c1cc(S(=O)(=O)N2CCCCCC2)ccc1Cl. The second-order valence-electron chi connectivity index (χ2n) is 8.04. The third kappa shape index (κ3) is 5.49. The largest absolute Gasteiger partial charge is 0.491 e. The molecule has 0 saturated carbocycles. The molecular weight excluding hydrogens is 460 g/mol. The van der Waals surface area contributed by atoms with Gasteiger partial charge in [0.15, 0.2) is 0 Å². The van der Waals surface area contributed by atoms with Crippen LogP contribution < -0.4 is 10.1 Å². The van der Waals surface area contributed by atoms with Crippen LogP contribution in [-0.4, -0.2) is 44.9 Å². The first-order valence-electron chi connectivity index (χ1n) is 11.2. The summed E-state index contributed by atoms with van der Waals surface area (Å²) >= 11 is 6.23. The van der Waals surface area contributed by atoms with Gasteiger partial charge >= 0.3 is 0 Å². The molecular formula is C25H27ClN2O4S. The molecule has 3 aromatic rings. The van der Waals surface area contributed by atoms with Gasteiger partial charge in [-0.25, -0.2) is 8.42 Å². The fraction of sp³-hybridized carbons (Fsp3) is 0.320. The molecule has 0 spiro atoms. The van der Waals surface area contributed by atoms with Gasteiger partial charge in [0, 0.05) is 18.5 Å². The lowest BCUT2D eigenvalue weighted by atomic mass is 10.1. The van der Waals surface area contributed by atoms with Crippen LogP contribution in [0.5, 0.6) is 5.75 Å².